The number of hydrogen-bond acceptors (Lipinski definition) is 6. The highest BCUT2D eigenvalue weighted by atomic mass is 32.2. The predicted octanol–water partition coefficient (Wildman–Crippen LogP) is -0.0458. The van der Waals surface area contributed by atoms with Gasteiger partial charge in [0.1, 0.15) is 11.8 Å². The maximum absolute atomic E-state index is 12.6. The number of carbonyl (C=O) groups is 2. The van der Waals surface area contributed by atoms with Gasteiger partial charge >= 0.3 is 5.97 Å². The summed E-state index contributed by atoms with van der Waals surface area (Å²) in [5.41, 5.74) is 0.437. The first-order chi connectivity index (χ1) is 11.3. The van der Waals surface area contributed by atoms with Gasteiger partial charge in [-0.2, -0.15) is 4.31 Å². The highest BCUT2D eigenvalue weighted by Gasteiger charge is 2.39. The molecule has 1 atom stereocenters. The minimum absolute atomic E-state index is 0.0422. The molecule has 0 aliphatic carbocycles. The van der Waals surface area contributed by atoms with E-state index in [1.54, 1.807) is 24.3 Å². The minimum Gasteiger partial charge on any atom is -0.497 e. The molecule has 1 aliphatic heterocycles. The quantitative estimate of drug-likeness (QED) is 0.703. The van der Waals surface area contributed by atoms with Crippen molar-refractivity contribution in [2.75, 3.05) is 40.1 Å². The maximum atomic E-state index is 12.6. The molecule has 132 valence electrons. The van der Waals surface area contributed by atoms with E-state index in [4.69, 9.17) is 4.74 Å². The van der Waals surface area contributed by atoms with Crippen molar-refractivity contribution in [2.45, 2.75) is 6.04 Å². The van der Waals surface area contributed by atoms with Gasteiger partial charge < -0.3 is 14.4 Å². The van der Waals surface area contributed by atoms with Gasteiger partial charge in [-0.1, -0.05) is 0 Å². The first-order valence-electron chi connectivity index (χ1n) is 7.26. The molecule has 1 aromatic rings. The zero-order chi connectivity index (χ0) is 17.9. The van der Waals surface area contributed by atoms with Crippen molar-refractivity contribution in [1.82, 2.24) is 9.21 Å². The van der Waals surface area contributed by atoms with Crippen LogP contribution in [0.1, 0.15) is 10.4 Å². The molecule has 1 unspecified atom stereocenters. The fourth-order valence-electron chi connectivity index (χ4n) is 2.59. The SMILES string of the molecule is COC(=O)C1CN(C(=O)c2ccc(OC)cc2)CCN1S(C)(=O)=O. The molecule has 1 aliphatic rings. The van der Waals surface area contributed by atoms with Gasteiger partial charge in [-0.25, -0.2) is 8.42 Å². The summed E-state index contributed by atoms with van der Waals surface area (Å²) in [5.74, 6) is -0.340. The van der Waals surface area contributed by atoms with Crippen LogP contribution < -0.4 is 4.74 Å². The fraction of sp³-hybridized carbons (Fsp3) is 0.467. The summed E-state index contributed by atoms with van der Waals surface area (Å²) in [4.78, 5) is 26.0. The molecule has 9 heteroatoms. The van der Waals surface area contributed by atoms with Gasteiger partial charge in [-0.05, 0) is 24.3 Å². The topological polar surface area (TPSA) is 93.2 Å². The van der Waals surface area contributed by atoms with E-state index in [2.05, 4.69) is 4.74 Å². The van der Waals surface area contributed by atoms with Crippen LogP contribution in [0.15, 0.2) is 24.3 Å². The van der Waals surface area contributed by atoms with E-state index in [1.807, 2.05) is 0 Å². The number of nitrogens with zero attached hydrogens (tertiary/aromatic N) is 2. The number of methoxy groups -OCH3 is 2. The van der Waals surface area contributed by atoms with Crippen molar-refractivity contribution in [1.29, 1.82) is 0 Å². The molecule has 1 amide bonds. The summed E-state index contributed by atoms with van der Waals surface area (Å²) >= 11 is 0. The standard InChI is InChI=1S/C15H20N2O6S/c1-22-12-6-4-11(5-7-12)14(18)16-8-9-17(24(3,20)21)13(10-16)15(19)23-2/h4-7,13H,8-10H2,1-3H3. The van der Waals surface area contributed by atoms with E-state index in [1.165, 1.54) is 19.1 Å². The van der Waals surface area contributed by atoms with Gasteiger partial charge in [0.15, 0.2) is 0 Å². The van der Waals surface area contributed by atoms with Crippen LogP contribution in [-0.2, 0) is 19.6 Å². The Kier molecular flexibility index (Phi) is 5.45. The number of amides is 1. The Morgan fingerprint density at radius 1 is 1.12 bits per heavy atom. The molecule has 1 heterocycles. The molecule has 0 saturated carbocycles. The zero-order valence-electron chi connectivity index (χ0n) is 13.8. The zero-order valence-corrected chi connectivity index (χ0v) is 14.6. The Morgan fingerprint density at radius 3 is 2.25 bits per heavy atom. The van der Waals surface area contributed by atoms with Crippen LogP contribution in [0.25, 0.3) is 0 Å². The molecule has 1 fully saturated rings. The maximum Gasteiger partial charge on any atom is 0.326 e. The number of rotatable bonds is 4. The average Bonchev–Trinajstić information content (AvgIpc) is 2.59. The second kappa shape index (κ2) is 7.18. The molecule has 24 heavy (non-hydrogen) atoms. The molecule has 0 N–H and O–H groups in total. The highest BCUT2D eigenvalue weighted by molar-refractivity contribution is 7.88. The van der Waals surface area contributed by atoms with Crippen LogP contribution in [0.2, 0.25) is 0 Å². The predicted molar refractivity (Wildman–Crippen MR) is 86.3 cm³/mol. The second-order valence-corrected chi connectivity index (χ2v) is 7.33. The summed E-state index contributed by atoms with van der Waals surface area (Å²) < 4.78 is 34.5. The third-order valence-corrected chi connectivity index (χ3v) is 5.14. The molecular formula is C15H20N2O6S. The van der Waals surface area contributed by atoms with E-state index in [0.29, 0.717) is 11.3 Å². The fourth-order valence-corrected chi connectivity index (χ4v) is 3.62. The van der Waals surface area contributed by atoms with Crippen LogP contribution in [-0.4, -0.2) is 75.7 Å². The lowest BCUT2D eigenvalue weighted by Gasteiger charge is -2.38. The number of hydrogen-bond donors (Lipinski definition) is 0. The smallest absolute Gasteiger partial charge is 0.326 e. The molecule has 1 saturated heterocycles. The van der Waals surface area contributed by atoms with Gasteiger partial charge in [0.05, 0.1) is 20.5 Å². The molecule has 8 nitrogen and oxygen atoms in total. The summed E-state index contributed by atoms with van der Waals surface area (Å²) in [6.45, 7) is 0.191. The number of carbonyl (C=O) groups excluding carboxylic acids is 2. The van der Waals surface area contributed by atoms with Crippen molar-refractivity contribution in [2.24, 2.45) is 0 Å². The molecule has 0 radical (unpaired) electrons. The van der Waals surface area contributed by atoms with Gasteiger partial charge in [-0.3, -0.25) is 9.59 Å². The van der Waals surface area contributed by atoms with E-state index < -0.39 is 22.0 Å². The highest BCUT2D eigenvalue weighted by Crippen LogP contribution is 2.18. The summed E-state index contributed by atoms with van der Waals surface area (Å²) in [5, 5.41) is 0. The van der Waals surface area contributed by atoms with Crippen molar-refractivity contribution in [3.05, 3.63) is 29.8 Å². The van der Waals surface area contributed by atoms with Crippen LogP contribution in [0.4, 0.5) is 0 Å². The Balaban J connectivity index is 2.20. The third kappa shape index (κ3) is 3.85. The lowest BCUT2D eigenvalue weighted by atomic mass is 10.1. The van der Waals surface area contributed by atoms with E-state index in [-0.39, 0.29) is 25.5 Å². The lowest BCUT2D eigenvalue weighted by molar-refractivity contribution is -0.146. The van der Waals surface area contributed by atoms with Gasteiger partial charge in [0.25, 0.3) is 5.91 Å². The van der Waals surface area contributed by atoms with E-state index in [9.17, 15) is 18.0 Å². The monoisotopic (exact) mass is 356 g/mol. The van der Waals surface area contributed by atoms with Gasteiger partial charge in [0.2, 0.25) is 10.0 Å². The normalized spacial score (nSPS) is 19.0. The van der Waals surface area contributed by atoms with Crippen LogP contribution in [0.3, 0.4) is 0 Å². The Bertz CT molecular complexity index is 716. The lowest BCUT2D eigenvalue weighted by Crippen LogP contribution is -2.59. The number of piperazine rings is 1. The van der Waals surface area contributed by atoms with Crippen molar-refractivity contribution < 1.29 is 27.5 Å². The van der Waals surface area contributed by atoms with Gasteiger partial charge in [-0.15, -0.1) is 0 Å². The Labute approximate surface area is 141 Å². The third-order valence-electron chi connectivity index (χ3n) is 3.85. The molecular weight excluding hydrogens is 336 g/mol. The number of benzene rings is 1. The molecule has 0 aromatic heterocycles. The van der Waals surface area contributed by atoms with Crippen LogP contribution in [0.5, 0.6) is 5.75 Å². The molecule has 0 spiro atoms. The van der Waals surface area contributed by atoms with Crippen LogP contribution in [0, 0.1) is 0 Å². The first-order valence-corrected chi connectivity index (χ1v) is 9.10. The summed E-state index contributed by atoms with van der Waals surface area (Å²) in [6.07, 6.45) is 1.03. The van der Waals surface area contributed by atoms with Crippen molar-refractivity contribution in [3.63, 3.8) is 0 Å². The summed E-state index contributed by atoms with van der Waals surface area (Å²) in [7, 11) is -0.857. The number of ether oxygens (including phenoxy) is 2. The Morgan fingerprint density at radius 2 is 1.75 bits per heavy atom. The van der Waals surface area contributed by atoms with Gasteiger partial charge in [0, 0.05) is 25.2 Å². The average molecular weight is 356 g/mol. The molecule has 0 bridgehead atoms. The minimum atomic E-state index is -3.57. The summed E-state index contributed by atoms with van der Waals surface area (Å²) in [6, 6.07) is 5.53. The number of esters is 1. The number of sulfonamides is 1. The van der Waals surface area contributed by atoms with Crippen LogP contribution >= 0.6 is 0 Å². The van der Waals surface area contributed by atoms with Crippen molar-refractivity contribution >= 4 is 21.9 Å². The van der Waals surface area contributed by atoms with E-state index in [0.717, 1.165) is 10.6 Å². The first kappa shape index (κ1) is 18.2. The Hall–Kier alpha value is -2.13. The second-order valence-electron chi connectivity index (χ2n) is 5.39. The largest absolute Gasteiger partial charge is 0.497 e. The van der Waals surface area contributed by atoms with E-state index >= 15 is 0 Å². The van der Waals surface area contributed by atoms with Crippen molar-refractivity contribution in [3.8, 4) is 5.75 Å². The molecule has 2 rings (SSSR count). The molecule has 1 aromatic carbocycles.